The SMILES string of the molecule is O=C(CNc1ccc(Cl)nn1)c1ccccc1. The fourth-order valence-corrected chi connectivity index (χ4v) is 1.41. The van der Waals surface area contributed by atoms with Crippen LogP contribution in [0.1, 0.15) is 10.4 Å². The summed E-state index contributed by atoms with van der Waals surface area (Å²) >= 11 is 5.60. The largest absolute Gasteiger partial charge is 0.361 e. The Hall–Kier alpha value is -1.94. The predicted octanol–water partition coefficient (Wildman–Crippen LogP) is 2.42. The van der Waals surface area contributed by atoms with E-state index in [0.717, 1.165) is 0 Å². The minimum Gasteiger partial charge on any atom is -0.361 e. The first-order valence-electron chi connectivity index (χ1n) is 5.07. The van der Waals surface area contributed by atoms with Crippen molar-refractivity contribution in [2.75, 3.05) is 11.9 Å². The number of carbonyl (C=O) groups is 1. The molecule has 0 radical (unpaired) electrons. The van der Waals surface area contributed by atoms with Crippen LogP contribution >= 0.6 is 11.6 Å². The molecule has 0 bridgehead atoms. The second-order valence-corrected chi connectivity index (χ2v) is 3.77. The molecular formula is C12H10ClN3O. The van der Waals surface area contributed by atoms with Crippen LogP contribution < -0.4 is 5.32 Å². The van der Waals surface area contributed by atoms with Crippen molar-refractivity contribution in [3.05, 3.63) is 53.2 Å². The Kier molecular flexibility index (Phi) is 3.67. The number of anilines is 1. The summed E-state index contributed by atoms with van der Waals surface area (Å²) < 4.78 is 0. The number of ketones is 1. The van der Waals surface area contributed by atoms with Gasteiger partial charge in [-0.25, -0.2) is 0 Å². The number of hydrogen-bond acceptors (Lipinski definition) is 4. The summed E-state index contributed by atoms with van der Waals surface area (Å²) in [5.41, 5.74) is 0.668. The van der Waals surface area contributed by atoms with Gasteiger partial charge in [-0.3, -0.25) is 4.79 Å². The van der Waals surface area contributed by atoms with Crippen LogP contribution in [0.4, 0.5) is 5.82 Å². The molecule has 0 saturated carbocycles. The smallest absolute Gasteiger partial charge is 0.181 e. The molecule has 4 nitrogen and oxygen atoms in total. The van der Waals surface area contributed by atoms with Crippen molar-refractivity contribution >= 4 is 23.2 Å². The van der Waals surface area contributed by atoms with E-state index in [-0.39, 0.29) is 12.3 Å². The first-order chi connectivity index (χ1) is 8.25. The van der Waals surface area contributed by atoms with Gasteiger partial charge in [-0.15, -0.1) is 10.2 Å². The van der Waals surface area contributed by atoms with E-state index in [9.17, 15) is 4.79 Å². The lowest BCUT2D eigenvalue weighted by molar-refractivity contribution is 0.101. The van der Waals surface area contributed by atoms with Gasteiger partial charge in [-0.2, -0.15) is 0 Å². The highest BCUT2D eigenvalue weighted by Crippen LogP contribution is 2.06. The van der Waals surface area contributed by atoms with Gasteiger partial charge >= 0.3 is 0 Å². The van der Waals surface area contributed by atoms with Gasteiger partial charge in [0, 0.05) is 5.56 Å². The third-order valence-electron chi connectivity index (χ3n) is 2.16. The quantitative estimate of drug-likeness (QED) is 0.843. The monoisotopic (exact) mass is 247 g/mol. The molecule has 0 unspecified atom stereocenters. The zero-order chi connectivity index (χ0) is 12.1. The molecule has 17 heavy (non-hydrogen) atoms. The average molecular weight is 248 g/mol. The van der Waals surface area contributed by atoms with Gasteiger partial charge < -0.3 is 5.32 Å². The molecule has 2 rings (SSSR count). The first-order valence-corrected chi connectivity index (χ1v) is 5.45. The summed E-state index contributed by atoms with van der Waals surface area (Å²) in [5, 5.41) is 10.7. The Balaban J connectivity index is 1.95. The van der Waals surface area contributed by atoms with Crippen LogP contribution in [-0.4, -0.2) is 22.5 Å². The summed E-state index contributed by atoms with van der Waals surface area (Å²) in [6.45, 7) is 0.181. The summed E-state index contributed by atoms with van der Waals surface area (Å²) in [7, 11) is 0. The van der Waals surface area contributed by atoms with Crippen molar-refractivity contribution in [2.24, 2.45) is 0 Å². The fraction of sp³-hybridized carbons (Fsp3) is 0.0833. The fourth-order valence-electron chi connectivity index (χ4n) is 1.31. The molecule has 5 heteroatoms. The van der Waals surface area contributed by atoms with Gasteiger partial charge in [-0.05, 0) is 12.1 Å². The van der Waals surface area contributed by atoms with Crippen LogP contribution in [0.5, 0.6) is 0 Å². The summed E-state index contributed by atoms with van der Waals surface area (Å²) in [4.78, 5) is 11.7. The first kappa shape index (κ1) is 11.5. The third kappa shape index (κ3) is 3.26. The number of Topliss-reactive ketones (excluding diaryl/α,β-unsaturated/α-hetero) is 1. The van der Waals surface area contributed by atoms with Crippen molar-refractivity contribution in [1.82, 2.24) is 10.2 Å². The summed E-state index contributed by atoms with van der Waals surface area (Å²) in [5.74, 6) is 0.529. The standard InChI is InChI=1S/C12H10ClN3O/c13-11-6-7-12(16-15-11)14-8-10(17)9-4-2-1-3-5-9/h1-7H,8H2,(H,14,16). The Morgan fingerprint density at radius 1 is 1.12 bits per heavy atom. The minimum absolute atomic E-state index is 0.00218. The van der Waals surface area contributed by atoms with Crippen LogP contribution in [0.3, 0.4) is 0 Å². The highest BCUT2D eigenvalue weighted by Gasteiger charge is 2.04. The van der Waals surface area contributed by atoms with Crippen LogP contribution in [0.25, 0.3) is 0 Å². The van der Waals surface area contributed by atoms with E-state index in [1.165, 1.54) is 0 Å². The second-order valence-electron chi connectivity index (χ2n) is 3.38. The summed E-state index contributed by atoms with van der Waals surface area (Å²) in [6.07, 6.45) is 0. The topological polar surface area (TPSA) is 54.9 Å². The number of nitrogens with zero attached hydrogens (tertiary/aromatic N) is 2. The van der Waals surface area contributed by atoms with E-state index < -0.39 is 0 Å². The molecule has 1 N–H and O–H groups in total. The van der Waals surface area contributed by atoms with E-state index in [1.807, 2.05) is 18.2 Å². The number of halogens is 1. The Labute approximate surface area is 104 Å². The number of aromatic nitrogens is 2. The molecule has 0 aliphatic heterocycles. The van der Waals surface area contributed by atoms with Gasteiger partial charge in [0.15, 0.2) is 10.9 Å². The lowest BCUT2D eigenvalue weighted by atomic mass is 10.1. The minimum atomic E-state index is 0.00218. The maximum atomic E-state index is 11.7. The maximum Gasteiger partial charge on any atom is 0.181 e. The number of nitrogens with one attached hydrogen (secondary N) is 1. The van der Waals surface area contributed by atoms with Crippen molar-refractivity contribution in [3.8, 4) is 0 Å². The van der Waals surface area contributed by atoms with E-state index in [2.05, 4.69) is 15.5 Å². The molecule has 0 spiro atoms. The normalized spacial score (nSPS) is 9.94. The second kappa shape index (κ2) is 5.41. The molecule has 86 valence electrons. The molecule has 0 amide bonds. The predicted molar refractivity (Wildman–Crippen MR) is 66.3 cm³/mol. The van der Waals surface area contributed by atoms with E-state index in [4.69, 9.17) is 11.6 Å². The van der Waals surface area contributed by atoms with Crippen LogP contribution in [0.15, 0.2) is 42.5 Å². The van der Waals surface area contributed by atoms with Gasteiger partial charge in [0.05, 0.1) is 6.54 Å². The highest BCUT2D eigenvalue weighted by molar-refractivity contribution is 6.29. The van der Waals surface area contributed by atoms with Crippen molar-refractivity contribution in [2.45, 2.75) is 0 Å². The molecule has 0 aliphatic rings. The maximum absolute atomic E-state index is 11.7. The van der Waals surface area contributed by atoms with Crippen molar-refractivity contribution in [1.29, 1.82) is 0 Å². The third-order valence-corrected chi connectivity index (χ3v) is 2.36. The Morgan fingerprint density at radius 3 is 2.53 bits per heavy atom. The molecule has 0 aliphatic carbocycles. The van der Waals surface area contributed by atoms with Gasteiger partial charge in [-0.1, -0.05) is 41.9 Å². The zero-order valence-electron chi connectivity index (χ0n) is 8.93. The molecule has 1 heterocycles. The molecule has 0 fully saturated rings. The van der Waals surface area contributed by atoms with E-state index >= 15 is 0 Å². The summed E-state index contributed by atoms with van der Waals surface area (Å²) in [6, 6.07) is 12.4. The number of carbonyl (C=O) groups excluding carboxylic acids is 1. The molecular weight excluding hydrogens is 238 g/mol. The molecule has 2 aromatic rings. The van der Waals surface area contributed by atoms with E-state index in [0.29, 0.717) is 16.5 Å². The van der Waals surface area contributed by atoms with Gasteiger partial charge in [0.2, 0.25) is 0 Å². The molecule has 0 atom stereocenters. The Morgan fingerprint density at radius 2 is 1.88 bits per heavy atom. The number of benzene rings is 1. The average Bonchev–Trinajstić information content (AvgIpc) is 2.39. The lowest BCUT2D eigenvalue weighted by Crippen LogP contribution is -2.14. The van der Waals surface area contributed by atoms with Crippen LogP contribution in [-0.2, 0) is 0 Å². The lowest BCUT2D eigenvalue weighted by Gasteiger charge is -2.03. The van der Waals surface area contributed by atoms with Crippen molar-refractivity contribution in [3.63, 3.8) is 0 Å². The van der Waals surface area contributed by atoms with Crippen molar-refractivity contribution < 1.29 is 4.79 Å². The Bertz CT molecular complexity index is 499. The van der Waals surface area contributed by atoms with Crippen LogP contribution in [0.2, 0.25) is 5.15 Å². The van der Waals surface area contributed by atoms with E-state index in [1.54, 1.807) is 24.3 Å². The van der Waals surface area contributed by atoms with Gasteiger partial charge in [0.25, 0.3) is 0 Å². The molecule has 1 aromatic heterocycles. The molecule has 1 aromatic carbocycles. The highest BCUT2D eigenvalue weighted by atomic mass is 35.5. The van der Waals surface area contributed by atoms with Gasteiger partial charge in [0.1, 0.15) is 5.82 Å². The number of hydrogen-bond donors (Lipinski definition) is 1. The zero-order valence-corrected chi connectivity index (χ0v) is 9.69. The number of rotatable bonds is 4. The van der Waals surface area contributed by atoms with Crippen LogP contribution in [0, 0.1) is 0 Å². The molecule has 0 saturated heterocycles.